The van der Waals surface area contributed by atoms with Gasteiger partial charge in [-0.1, -0.05) is 78.5 Å². The molecule has 2 heterocycles. The smallest absolute Gasteiger partial charge is 0.226 e. The van der Waals surface area contributed by atoms with Crippen LogP contribution in [0.5, 0.6) is 5.75 Å². The van der Waals surface area contributed by atoms with E-state index in [1.807, 2.05) is 96.4 Å². The van der Waals surface area contributed by atoms with Crippen molar-refractivity contribution in [3.05, 3.63) is 114 Å². The minimum Gasteiger partial charge on any atom is -0.485 e. The van der Waals surface area contributed by atoms with Gasteiger partial charge in [0.05, 0.1) is 12.2 Å². The average Bonchev–Trinajstić information content (AvgIpc) is 3.50. The number of nitrogens with zero attached hydrogens (tertiary/aromatic N) is 5. The van der Waals surface area contributed by atoms with Gasteiger partial charge in [0, 0.05) is 5.69 Å². The van der Waals surface area contributed by atoms with E-state index >= 15 is 0 Å². The van der Waals surface area contributed by atoms with E-state index in [0.717, 1.165) is 27.7 Å². The molecule has 0 aliphatic heterocycles. The Balaban J connectivity index is 1.32. The Morgan fingerprint density at radius 2 is 1.50 bits per heavy atom. The van der Waals surface area contributed by atoms with Crippen molar-refractivity contribution in [2.75, 3.05) is 0 Å². The van der Waals surface area contributed by atoms with E-state index in [1.54, 1.807) is 0 Å². The Hall–Kier alpha value is -3.91. The highest BCUT2D eigenvalue weighted by atomic mass is 32.2. The number of hydrogen-bond acceptors (Lipinski definition) is 7. The van der Waals surface area contributed by atoms with Crippen molar-refractivity contribution in [2.24, 2.45) is 0 Å². The molecule has 0 amide bonds. The SMILES string of the molecule is Cc1ccccc1OCc1nnc(SCc2nnc(Cc3ccccc3)o2)n1-c1ccccc1. The molecule has 0 saturated carbocycles. The lowest BCUT2D eigenvalue weighted by Gasteiger charge is -2.11. The monoisotopic (exact) mass is 469 g/mol. The summed E-state index contributed by atoms with van der Waals surface area (Å²) in [4.78, 5) is 0. The number of para-hydroxylation sites is 2. The molecule has 0 radical (unpaired) electrons. The summed E-state index contributed by atoms with van der Waals surface area (Å²) in [6.07, 6.45) is 0.610. The van der Waals surface area contributed by atoms with Crippen LogP contribution in [0.4, 0.5) is 0 Å². The largest absolute Gasteiger partial charge is 0.485 e. The number of rotatable bonds is 9. The molecule has 0 aliphatic carbocycles. The van der Waals surface area contributed by atoms with Crippen LogP contribution in [0.2, 0.25) is 0 Å². The van der Waals surface area contributed by atoms with Crippen LogP contribution >= 0.6 is 11.8 Å². The van der Waals surface area contributed by atoms with Crippen molar-refractivity contribution in [2.45, 2.75) is 30.9 Å². The van der Waals surface area contributed by atoms with Crippen LogP contribution in [0.15, 0.2) is 94.5 Å². The molecule has 34 heavy (non-hydrogen) atoms. The van der Waals surface area contributed by atoms with Crippen molar-refractivity contribution < 1.29 is 9.15 Å². The molecule has 0 bridgehead atoms. The fourth-order valence-electron chi connectivity index (χ4n) is 3.50. The van der Waals surface area contributed by atoms with E-state index in [9.17, 15) is 0 Å². The maximum atomic E-state index is 6.05. The normalized spacial score (nSPS) is 11.0. The number of hydrogen-bond donors (Lipinski definition) is 0. The van der Waals surface area contributed by atoms with E-state index in [0.29, 0.717) is 36.4 Å². The third kappa shape index (κ3) is 5.18. The summed E-state index contributed by atoms with van der Waals surface area (Å²) >= 11 is 1.50. The summed E-state index contributed by atoms with van der Waals surface area (Å²) < 4.78 is 13.9. The molecule has 0 saturated heterocycles. The maximum absolute atomic E-state index is 6.05. The van der Waals surface area contributed by atoms with Gasteiger partial charge >= 0.3 is 0 Å². The van der Waals surface area contributed by atoms with Crippen molar-refractivity contribution in [3.63, 3.8) is 0 Å². The Bertz CT molecular complexity index is 1350. The Morgan fingerprint density at radius 3 is 2.29 bits per heavy atom. The van der Waals surface area contributed by atoms with Crippen LogP contribution in [0.25, 0.3) is 5.69 Å². The van der Waals surface area contributed by atoms with Gasteiger partial charge in [-0.3, -0.25) is 4.57 Å². The molecule has 3 aromatic carbocycles. The molecular formula is C26H23N5O2S. The van der Waals surface area contributed by atoms with Gasteiger partial charge in [0.25, 0.3) is 0 Å². The Kier molecular flexibility index (Phi) is 6.67. The molecule has 5 rings (SSSR count). The molecule has 8 heteroatoms. The molecule has 0 atom stereocenters. The number of thioether (sulfide) groups is 1. The van der Waals surface area contributed by atoms with Crippen molar-refractivity contribution in [1.29, 1.82) is 0 Å². The first-order valence-electron chi connectivity index (χ1n) is 10.9. The second-order valence-electron chi connectivity index (χ2n) is 7.66. The fraction of sp³-hybridized carbons (Fsp3) is 0.154. The molecule has 0 N–H and O–H groups in total. The summed E-state index contributed by atoms with van der Waals surface area (Å²) in [6.45, 7) is 2.32. The number of aryl methyl sites for hydroxylation is 1. The van der Waals surface area contributed by atoms with Gasteiger partial charge < -0.3 is 9.15 Å². The maximum Gasteiger partial charge on any atom is 0.226 e. The van der Waals surface area contributed by atoms with Gasteiger partial charge in [-0.05, 0) is 36.2 Å². The zero-order valence-corrected chi connectivity index (χ0v) is 19.5. The lowest BCUT2D eigenvalue weighted by molar-refractivity contribution is 0.291. The first kappa shape index (κ1) is 21.9. The highest BCUT2D eigenvalue weighted by Crippen LogP contribution is 2.26. The molecule has 0 fully saturated rings. The summed E-state index contributed by atoms with van der Waals surface area (Å²) in [6, 6.07) is 28.0. The van der Waals surface area contributed by atoms with Gasteiger partial charge in [0.15, 0.2) is 11.0 Å². The van der Waals surface area contributed by atoms with E-state index in [-0.39, 0.29) is 0 Å². The lowest BCUT2D eigenvalue weighted by Crippen LogP contribution is -2.07. The number of ether oxygens (including phenoxy) is 1. The van der Waals surface area contributed by atoms with Crippen LogP contribution in [0.3, 0.4) is 0 Å². The Labute approximate surface area is 201 Å². The standard InChI is InChI=1S/C26H23N5O2S/c1-19-10-8-9-15-22(19)32-17-23-27-30-26(31(23)21-13-6-3-7-14-21)34-18-25-29-28-24(33-25)16-20-11-4-2-5-12-20/h2-15H,16-18H2,1H3. The van der Waals surface area contributed by atoms with E-state index < -0.39 is 0 Å². The molecule has 7 nitrogen and oxygen atoms in total. The second kappa shape index (κ2) is 10.4. The molecule has 0 aliphatic rings. The molecule has 5 aromatic rings. The summed E-state index contributed by atoms with van der Waals surface area (Å²) in [5.74, 6) is 3.18. The van der Waals surface area contributed by atoms with Crippen LogP contribution in [0.1, 0.15) is 28.7 Å². The van der Waals surface area contributed by atoms with Gasteiger partial charge in [0.2, 0.25) is 11.8 Å². The summed E-state index contributed by atoms with van der Waals surface area (Å²) in [5.41, 5.74) is 3.17. The average molecular weight is 470 g/mol. The van der Waals surface area contributed by atoms with E-state index in [2.05, 4.69) is 20.4 Å². The number of aromatic nitrogens is 5. The molecule has 2 aromatic heterocycles. The quantitative estimate of drug-likeness (QED) is 0.267. The van der Waals surface area contributed by atoms with E-state index in [4.69, 9.17) is 9.15 Å². The second-order valence-corrected chi connectivity index (χ2v) is 8.61. The fourth-order valence-corrected chi connectivity index (χ4v) is 4.31. The van der Waals surface area contributed by atoms with Crippen LogP contribution < -0.4 is 4.74 Å². The molecule has 0 spiro atoms. The van der Waals surface area contributed by atoms with Crippen molar-refractivity contribution in [3.8, 4) is 11.4 Å². The predicted molar refractivity (Wildman–Crippen MR) is 130 cm³/mol. The highest BCUT2D eigenvalue weighted by molar-refractivity contribution is 7.98. The topological polar surface area (TPSA) is 78.9 Å². The molecule has 0 unspecified atom stereocenters. The molecule has 170 valence electrons. The summed E-state index contributed by atoms with van der Waals surface area (Å²) in [7, 11) is 0. The predicted octanol–water partition coefficient (Wildman–Crippen LogP) is 5.42. The van der Waals surface area contributed by atoms with Crippen LogP contribution in [-0.4, -0.2) is 25.0 Å². The zero-order chi connectivity index (χ0) is 23.2. The van der Waals surface area contributed by atoms with Crippen LogP contribution in [0, 0.1) is 6.92 Å². The highest BCUT2D eigenvalue weighted by Gasteiger charge is 2.17. The third-order valence-corrected chi connectivity index (χ3v) is 6.11. The Morgan fingerprint density at radius 1 is 0.794 bits per heavy atom. The first-order valence-corrected chi connectivity index (χ1v) is 11.9. The van der Waals surface area contributed by atoms with Gasteiger partial charge in [-0.15, -0.1) is 20.4 Å². The third-order valence-electron chi connectivity index (χ3n) is 5.20. The minimum atomic E-state index is 0.301. The van der Waals surface area contributed by atoms with E-state index in [1.165, 1.54) is 11.8 Å². The number of benzene rings is 3. The lowest BCUT2D eigenvalue weighted by atomic mass is 10.2. The van der Waals surface area contributed by atoms with Gasteiger partial charge in [-0.25, -0.2) is 0 Å². The van der Waals surface area contributed by atoms with Crippen LogP contribution in [-0.2, 0) is 18.8 Å². The zero-order valence-electron chi connectivity index (χ0n) is 18.7. The first-order chi connectivity index (χ1) is 16.8. The summed E-state index contributed by atoms with van der Waals surface area (Å²) in [5, 5.41) is 18.0. The van der Waals surface area contributed by atoms with Crippen molar-refractivity contribution >= 4 is 11.8 Å². The molecular weight excluding hydrogens is 446 g/mol. The van der Waals surface area contributed by atoms with Gasteiger partial charge in [-0.2, -0.15) is 0 Å². The van der Waals surface area contributed by atoms with Crippen molar-refractivity contribution in [1.82, 2.24) is 25.0 Å². The van der Waals surface area contributed by atoms with Gasteiger partial charge in [0.1, 0.15) is 12.4 Å². The minimum absolute atomic E-state index is 0.301.